The smallest absolute Gasteiger partial charge is 0.254 e. The summed E-state index contributed by atoms with van der Waals surface area (Å²) in [4.78, 5) is 14.5. The van der Waals surface area contributed by atoms with Crippen molar-refractivity contribution >= 4 is 11.6 Å². The molecule has 0 aromatic heterocycles. The SMILES string of the molecule is CCCNc1ccc(C(=O)N2CCCCC2C)cc1. The Labute approximate surface area is 116 Å². The zero-order valence-corrected chi connectivity index (χ0v) is 12.0. The number of nitrogens with one attached hydrogen (secondary N) is 1. The van der Waals surface area contributed by atoms with Crippen molar-refractivity contribution in [2.45, 2.75) is 45.6 Å². The average molecular weight is 260 g/mol. The first-order valence-corrected chi connectivity index (χ1v) is 7.37. The molecule has 1 aromatic carbocycles. The minimum atomic E-state index is 0.175. The highest BCUT2D eigenvalue weighted by Gasteiger charge is 2.23. The minimum Gasteiger partial charge on any atom is -0.385 e. The van der Waals surface area contributed by atoms with Crippen molar-refractivity contribution in [1.29, 1.82) is 0 Å². The number of anilines is 1. The van der Waals surface area contributed by atoms with Gasteiger partial charge in [-0.15, -0.1) is 0 Å². The van der Waals surface area contributed by atoms with Crippen molar-refractivity contribution in [1.82, 2.24) is 4.90 Å². The molecule has 1 saturated heterocycles. The van der Waals surface area contributed by atoms with Gasteiger partial charge < -0.3 is 10.2 Å². The molecule has 1 heterocycles. The number of carbonyl (C=O) groups excluding carboxylic acids is 1. The van der Waals surface area contributed by atoms with Crippen LogP contribution in [0.25, 0.3) is 0 Å². The maximum absolute atomic E-state index is 12.4. The molecule has 3 heteroatoms. The summed E-state index contributed by atoms with van der Waals surface area (Å²) in [5.74, 6) is 0.175. The topological polar surface area (TPSA) is 32.3 Å². The first kappa shape index (κ1) is 13.9. The van der Waals surface area contributed by atoms with Crippen LogP contribution < -0.4 is 5.32 Å². The Kier molecular flexibility index (Phi) is 4.83. The lowest BCUT2D eigenvalue weighted by molar-refractivity contribution is 0.0635. The van der Waals surface area contributed by atoms with Gasteiger partial charge in [-0.3, -0.25) is 4.79 Å². The van der Waals surface area contributed by atoms with Crippen molar-refractivity contribution < 1.29 is 4.79 Å². The standard InChI is InChI=1S/C16H24N2O/c1-3-11-17-15-9-7-14(8-10-15)16(19)18-12-5-4-6-13(18)2/h7-10,13,17H,3-6,11-12H2,1-2H3. The third-order valence-electron chi connectivity index (χ3n) is 3.77. The summed E-state index contributed by atoms with van der Waals surface area (Å²) in [7, 11) is 0. The molecule has 19 heavy (non-hydrogen) atoms. The number of benzene rings is 1. The second kappa shape index (κ2) is 6.60. The van der Waals surface area contributed by atoms with Gasteiger partial charge in [-0.25, -0.2) is 0 Å². The van der Waals surface area contributed by atoms with Crippen LogP contribution in [0.15, 0.2) is 24.3 Å². The fraction of sp³-hybridized carbons (Fsp3) is 0.562. The molecular formula is C16H24N2O. The van der Waals surface area contributed by atoms with Crippen LogP contribution in [0, 0.1) is 0 Å². The molecule has 1 N–H and O–H groups in total. The van der Waals surface area contributed by atoms with Gasteiger partial charge in [0.05, 0.1) is 0 Å². The van der Waals surface area contributed by atoms with E-state index in [9.17, 15) is 4.79 Å². The molecule has 0 spiro atoms. The molecule has 1 aromatic rings. The maximum atomic E-state index is 12.4. The molecule has 3 nitrogen and oxygen atoms in total. The molecule has 0 bridgehead atoms. The Morgan fingerprint density at radius 2 is 2.05 bits per heavy atom. The summed E-state index contributed by atoms with van der Waals surface area (Å²) < 4.78 is 0. The number of carbonyl (C=O) groups is 1. The zero-order chi connectivity index (χ0) is 13.7. The van der Waals surface area contributed by atoms with E-state index >= 15 is 0 Å². The van der Waals surface area contributed by atoms with Crippen LogP contribution in [0.1, 0.15) is 49.9 Å². The number of likely N-dealkylation sites (tertiary alicyclic amines) is 1. The van der Waals surface area contributed by atoms with Crippen LogP contribution in [0.5, 0.6) is 0 Å². The molecular weight excluding hydrogens is 236 g/mol. The summed E-state index contributed by atoms with van der Waals surface area (Å²) in [5.41, 5.74) is 1.89. The summed E-state index contributed by atoms with van der Waals surface area (Å²) in [5, 5.41) is 3.32. The Morgan fingerprint density at radius 1 is 1.32 bits per heavy atom. The highest BCUT2D eigenvalue weighted by molar-refractivity contribution is 5.94. The number of hydrogen-bond acceptors (Lipinski definition) is 2. The molecule has 0 radical (unpaired) electrons. The van der Waals surface area contributed by atoms with Crippen LogP contribution in [-0.4, -0.2) is 29.9 Å². The van der Waals surface area contributed by atoms with E-state index in [0.29, 0.717) is 6.04 Å². The van der Waals surface area contributed by atoms with E-state index in [1.165, 1.54) is 6.42 Å². The fourth-order valence-corrected chi connectivity index (χ4v) is 2.57. The fourth-order valence-electron chi connectivity index (χ4n) is 2.57. The largest absolute Gasteiger partial charge is 0.385 e. The van der Waals surface area contributed by atoms with Gasteiger partial charge in [0.2, 0.25) is 0 Å². The van der Waals surface area contributed by atoms with Crippen molar-refractivity contribution in [2.75, 3.05) is 18.4 Å². The van der Waals surface area contributed by atoms with E-state index in [1.807, 2.05) is 29.2 Å². The lowest BCUT2D eigenvalue weighted by Crippen LogP contribution is -2.41. The molecule has 1 unspecified atom stereocenters. The highest BCUT2D eigenvalue weighted by atomic mass is 16.2. The number of piperidine rings is 1. The normalized spacial score (nSPS) is 19.3. The predicted octanol–water partition coefficient (Wildman–Crippen LogP) is 3.52. The van der Waals surface area contributed by atoms with Crippen molar-refractivity contribution in [3.8, 4) is 0 Å². The van der Waals surface area contributed by atoms with Crippen LogP contribution in [0.3, 0.4) is 0 Å². The average Bonchev–Trinajstić information content (AvgIpc) is 2.45. The molecule has 2 rings (SSSR count). The minimum absolute atomic E-state index is 0.175. The van der Waals surface area contributed by atoms with E-state index < -0.39 is 0 Å². The molecule has 1 aliphatic rings. The van der Waals surface area contributed by atoms with Gasteiger partial charge in [-0.05, 0) is 56.9 Å². The van der Waals surface area contributed by atoms with Crippen molar-refractivity contribution in [3.63, 3.8) is 0 Å². The first-order chi connectivity index (χ1) is 9.22. The lowest BCUT2D eigenvalue weighted by Gasteiger charge is -2.33. The predicted molar refractivity (Wildman–Crippen MR) is 79.6 cm³/mol. The van der Waals surface area contributed by atoms with Gasteiger partial charge in [0.1, 0.15) is 0 Å². The van der Waals surface area contributed by atoms with Crippen LogP contribution in [0.2, 0.25) is 0 Å². The first-order valence-electron chi connectivity index (χ1n) is 7.37. The van der Waals surface area contributed by atoms with Crippen LogP contribution in [-0.2, 0) is 0 Å². The van der Waals surface area contributed by atoms with E-state index in [-0.39, 0.29) is 5.91 Å². The van der Waals surface area contributed by atoms with Crippen molar-refractivity contribution in [2.24, 2.45) is 0 Å². The van der Waals surface area contributed by atoms with E-state index in [1.54, 1.807) is 0 Å². The zero-order valence-electron chi connectivity index (χ0n) is 12.0. The number of amides is 1. The van der Waals surface area contributed by atoms with Crippen LogP contribution in [0.4, 0.5) is 5.69 Å². The molecule has 1 atom stereocenters. The Bertz CT molecular complexity index is 413. The van der Waals surface area contributed by atoms with Gasteiger partial charge >= 0.3 is 0 Å². The van der Waals surface area contributed by atoms with Gasteiger partial charge in [0, 0.05) is 30.4 Å². The summed E-state index contributed by atoms with van der Waals surface area (Å²) in [6, 6.07) is 8.23. The molecule has 1 aliphatic heterocycles. The number of rotatable bonds is 4. The van der Waals surface area contributed by atoms with Gasteiger partial charge in [0.25, 0.3) is 5.91 Å². The monoisotopic (exact) mass is 260 g/mol. The van der Waals surface area contributed by atoms with Crippen molar-refractivity contribution in [3.05, 3.63) is 29.8 Å². The lowest BCUT2D eigenvalue weighted by atomic mass is 10.0. The Balaban J connectivity index is 2.02. The van der Waals surface area contributed by atoms with E-state index in [4.69, 9.17) is 0 Å². The summed E-state index contributed by atoms with van der Waals surface area (Å²) >= 11 is 0. The van der Waals surface area contributed by atoms with E-state index in [0.717, 1.165) is 43.6 Å². The molecule has 1 fully saturated rings. The van der Waals surface area contributed by atoms with Gasteiger partial charge in [-0.2, -0.15) is 0 Å². The Morgan fingerprint density at radius 3 is 2.68 bits per heavy atom. The highest BCUT2D eigenvalue weighted by Crippen LogP contribution is 2.20. The molecule has 1 amide bonds. The molecule has 0 saturated carbocycles. The molecule has 0 aliphatic carbocycles. The second-order valence-corrected chi connectivity index (χ2v) is 5.35. The van der Waals surface area contributed by atoms with Gasteiger partial charge in [-0.1, -0.05) is 6.92 Å². The maximum Gasteiger partial charge on any atom is 0.254 e. The quantitative estimate of drug-likeness (QED) is 0.898. The number of nitrogens with zero attached hydrogens (tertiary/aromatic N) is 1. The molecule has 104 valence electrons. The number of hydrogen-bond donors (Lipinski definition) is 1. The summed E-state index contributed by atoms with van der Waals surface area (Å²) in [6.45, 7) is 6.16. The van der Waals surface area contributed by atoms with Gasteiger partial charge in [0.15, 0.2) is 0 Å². The third kappa shape index (κ3) is 3.49. The second-order valence-electron chi connectivity index (χ2n) is 5.35. The Hall–Kier alpha value is -1.51. The third-order valence-corrected chi connectivity index (χ3v) is 3.77. The van der Waals surface area contributed by atoms with E-state index in [2.05, 4.69) is 19.2 Å². The van der Waals surface area contributed by atoms with Crippen LogP contribution >= 0.6 is 0 Å². The summed E-state index contributed by atoms with van der Waals surface area (Å²) in [6.07, 6.45) is 4.60.